The summed E-state index contributed by atoms with van der Waals surface area (Å²) in [4.78, 5) is 21.5. The van der Waals surface area contributed by atoms with Crippen molar-refractivity contribution in [3.63, 3.8) is 0 Å². The third kappa shape index (κ3) is 4.14. The Kier molecular flexibility index (Phi) is 5.08. The van der Waals surface area contributed by atoms with Crippen LogP contribution in [0.5, 0.6) is 0 Å². The lowest BCUT2D eigenvalue weighted by atomic mass is 10.1. The van der Waals surface area contributed by atoms with Crippen LogP contribution in [0.2, 0.25) is 5.02 Å². The Bertz CT molecular complexity index is 514. The Hall–Kier alpha value is -1.44. The summed E-state index contributed by atoms with van der Waals surface area (Å²) < 4.78 is 0. The normalized spacial score (nSPS) is 9.29. The van der Waals surface area contributed by atoms with E-state index in [1.807, 2.05) is 0 Å². The van der Waals surface area contributed by atoms with Crippen molar-refractivity contribution in [2.24, 2.45) is 0 Å². The van der Waals surface area contributed by atoms with Gasteiger partial charge >= 0.3 is 5.97 Å². The third-order valence-electron chi connectivity index (χ3n) is 1.80. The second-order valence-electron chi connectivity index (χ2n) is 3.05. The van der Waals surface area contributed by atoms with E-state index < -0.39 is 5.97 Å². The minimum absolute atomic E-state index is 0.00955. The number of carboxylic acids is 1. The Labute approximate surface area is 108 Å². The molecule has 0 heterocycles. The molecular formula is C12H9ClO3S. The van der Waals surface area contributed by atoms with Gasteiger partial charge in [-0.15, -0.1) is 0 Å². The highest BCUT2D eigenvalue weighted by molar-refractivity contribution is 8.13. The lowest BCUT2D eigenvalue weighted by Gasteiger charge is -2.00. The molecule has 0 spiro atoms. The van der Waals surface area contributed by atoms with Crippen LogP contribution in [0.1, 0.15) is 22.8 Å². The van der Waals surface area contributed by atoms with Crippen molar-refractivity contribution < 1.29 is 14.7 Å². The van der Waals surface area contributed by atoms with Crippen LogP contribution in [-0.4, -0.2) is 21.9 Å². The van der Waals surface area contributed by atoms with E-state index in [1.54, 1.807) is 12.1 Å². The van der Waals surface area contributed by atoms with E-state index >= 15 is 0 Å². The monoisotopic (exact) mass is 268 g/mol. The van der Waals surface area contributed by atoms with Gasteiger partial charge in [0.1, 0.15) is 0 Å². The fourth-order valence-electron chi connectivity index (χ4n) is 1.06. The summed E-state index contributed by atoms with van der Waals surface area (Å²) in [7, 11) is 0. The molecule has 1 rings (SSSR count). The predicted molar refractivity (Wildman–Crippen MR) is 68.4 cm³/mol. The summed E-state index contributed by atoms with van der Waals surface area (Å²) in [5, 5.41) is 8.97. The van der Waals surface area contributed by atoms with E-state index in [-0.39, 0.29) is 15.7 Å². The summed E-state index contributed by atoms with van der Waals surface area (Å²) in [5.74, 6) is 4.78. The molecule has 3 nitrogen and oxygen atoms in total. The van der Waals surface area contributed by atoms with Crippen LogP contribution in [0.3, 0.4) is 0 Å². The van der Waals surface area contributed by atoms with Gasteiger partial charge in [-0.2, -0.15) is 0 Å². The Morgan fingerprint density at radius 2 is 2.18 bits per heavy atom. The average molecular weight is 269 g/mol. The number of hydrogen-bond donors (Lipinski definition) is 1. The van der Waals surface area contributed by atoms with Gasteiger partial charge in [0.15, 0.2) is 5.12 Å². The SMILES string of the molecule is CC(=O)SCC#Cc1cccc(C(=O)O)c1Cl. The van der Waals surface area contributed by atoms with Gasteiger partial charge in [-0.05, 0) is 12.1 Å². The fourth-order valence-corrected chi connectivity index (χ4v) is 1.66. The molecule has 17 heavy (non-hydrogen) atoms. The maximum atomic E-state index is 10.8. The fraction of sp³-hybridized carbons (Fsp3) is 0.167. The standard InChI is InChI=1S/C12H9ClO3S/c1-8(14)17-7-3-5-9-4-2-6-10(11(9)13)12(15)16/h2,4,6H,7H2,1H3,(H,15,16). The van der Waals surface area contributed by atoms with Gasteiger partial charge < -0.3 is 5.11 Å². The van der Waals surface area contributed by atoms with Crippen LogP contribution in [0.25, 0.3) is 0 Å². The van der Waals surface area contributed by atoms with Crippen LogP contribution in [0.4, 0.5) is 0 Å². The number of rotatable bonds is 2. The summed E-state index contributed by atoms with van der Waals surface area (Å²) in [6, 6.07) is 4.64. The molecule has 0 bridgehead atoms. The minimum atomic E-state index is -1.09. The zero-order valence-corrected chi connectivity index (χ0v) is 10.6. The summed E-state index contributed by atoms with van der Waals surface area (Å²) >= 11 is 6.98. The summed E-state index contributed by atoms with van der Waals surface area (Å²) in [6.45, 7) is 1.46. The van der Waals surface area contributed by atoms with Crippen LogP contribution in [0.15, 0.2) is 18.2 Å². The molecule has 0 fully saturated rings. The molecule has 0 saturated heterocycles. The largest absolute Gasteiger partial charge is 0.478 e. The van der Waals surface area contributed by atoms with E-state index in [0.29, 0.717) is 11.3 Å². The molecular weight excluding hydrogens is 260 g/mol. The van der Waals surface area contributed by atoms with E-state index in [0.717, 1.165) is 11.8 Å². The van der Waals surface area contributed by atoms with Crippen molar-refractivity contribution >= 4 is 34.4 Å². The van der Waals surface area contributed by atoms with Gasteiger partial charge in [-0.3, -0.25) is 4.79 Å². The molecule has 1 aromatic rings. The summed E-state index contributed by atoms with van der Waals surface area (Å²) in [5.41, 5.74) is 0.480. The first-order valence-electron chi connectivity index (χ1n) is 4.66. The van der Waals surface area contributed by atoms with Crippen molar-refractivity contribution in [2.75, 3.05) is 5.75 Å². The lowest BCUT2D eigenvalue weighted by Crippen LogP contribution is -1.98. The first kappa shape index (κ1) is 13.6. The van der Waals surface area contributed by atoms with Crippen molar-refractivity contribution in [3.05, 3.63) is 34.3 Å². The summed E-state index contributed by atoms with van der Waals surface area (Å²) in [6.07, 6.45) is 0. The molecule has 88 valence electrons. The zero-order chi connectivity index (χ0) is 12.8. The number of carboxylic acid groups (broad SMARTS) is 1. The molecule has 0 aliphatic heterocycles. The number of thioether (sulfide) groups is 1. The number of carbonyl (C=O) groups is 2. The first-order chi connectivity index (χ1) is 8.02. The van der Waals surface area contributed by atoms with Crippen LogP contribution in [-0.2, 0) is 4.79 Å². The van der Waals surface area contributed by atoms with Gasteiger partial charge in [-0.1, -0.05) is 41.3 Å². The molecule has 0 aliphatic rings. The Balaban J connectivity index is 2.88. The minimum Gasteiger partial charge on any atom is -0.478 e. The molecule has 1 N–H and O–H groups in total. The van der Waals surface area contributed by atoms with Crippen LogP contribution in [0, 0.1) is 11.8 Å². The second-order valence-corrected chi connectivity index (χ2v) is 4.58. The number of hydrogen-bond acceptors (Lipinski definition) is 3. The zero-order valence-electron chi connectivity index (χ0n) is 8.99. The maximum absolute atomic E-state index is 10.8. The molecule has 5 heteroatoms. The first-order valence-corrected chi connectivity index (χ1v) is 6.02. The average Bonchev–Trinajstić information content (AvgIpc) is 2.25. The highest BCUT2D eigenvalue weighted by Gasteiger charge is 2.10. The molecule has 0 amide bonds. The van der Waals surface area contributed by atoms with Crippen LogP contribution >= 0.6 is 23.4 Å². The topological polar surface area (TPSA) is 54.4 Å². The Morgan fingerprint density at radius 3 is 2.76 bits per heavy atom. The van der Waals surface area contributed by atoms with Gasteiger partial charge in [0.25, 0.3) is 0 Å². The van der Waals surface area contributed by atoms with Gasteiger partial charge in [0.2, 0.25) is 0 Å². The Morgan fingerprint density at radius 1 is 1.47 bits per heavy atom. The van der Waals surface area contributed by atoms with Crippen molar-refractivity contribution in [2.45, 2.75) is 6.92 Å². The quantitative estimate of drug-likeness (QED) is 0.838. The number of benzene rings is 1. The molecule has 0 saturated carbocycles. The lowest BCUT2D eigenvalue weighted by molar-refractivity contribution is -0.109. The highest BCUT2D eigenvalue weighted by Crippen LogP contribution is 2.20. The number of aromatic carboxylic acids is 1. The number of halogens is 1. The van der Waals surface area contributed by atoms with E-state index in [9.17, 15) is 9.59 Å². The second kappa shape index (κ2) is 6.33. The van der Waals surface area contributed by atoms with E-state index in [4.69, 9.17) is 16.7 Å². The van der Waals surface area contributed by atoms with Crippen LogP contribution < -0.4 is 0 Å². The number of carbonyl (C=O) groups excluding carboxylic acids is 1. The highest BCUT2D eigenvalue weighted by atomic mass is 35.5. The van der Waals surface area contributed by atoms with E-state index in [1.165, 1.54) is 13.0 Å². The molecule has 0 aliphatic carbocycles. The van der Waals surface area contributed by atoms with Gasteiger partial charge in [-0.25, -0.2) is 4.79 Å². The molecule has 1 aromatic carbocycles. The van der Waals surface area contributed by atoms with Crippen molar-refractivity contribution in [3.8, 4) is 11.8 Å². The molecule has 0 atom stereocenters. The molecule has 0 aromatic heterocycles. The molecule has 0 radical (unpaired) electrons. The van der Waals surface area contributed by atoms with Crippen molar-refractivity contribution in [1.82, 2.24) is 0 Å². The smallest absolute Gasteiger partial charge is 0.337 e. The van der Waals surface area contributed by atoms with Gasteiger partial charge in [0, 0.05) is 12.5 Å². The van der Waals surface area contributed by atoms with Crippen molar-refractivity contribution in [1.29, 1.82) is 0 Å². The maximum Gasteiger partial charge on any atom is 0.337 e. The third-order valence-corrected chi connectivity index (χ3v) is 2.90. The van der Waals surface area contributed by atoms with Gasteiger partial charge in [0.05, 0.1) is 16.3 Å². The molecule has 0 unspecified atom stereocenters. The predicted octanol–water partition coefficient (Wildman–Crippen LogP) is 2.67. The van der Waals surface area contributed by atoms with E-state index in [2.05, 4.69) is 11.8 Å².